The Hall–Kier alpha value is -1.06. The molecule has 1 atom stereocenters. The summed E-state index contributed by atoms with van der Waals surface area (Å²) in [5.74, 6) is 1.01. The summed E-state index contributed by atoms with van der Waals surface area (Å²) in [4.78, 5) is 0. The van der Waals surface area contributed by atoms with Crippen molar-refractivity contribution in [2.45, 2.75) is 57.2 Å². The Labute approximate surface area is 121 Å². The molecule has 1 N–H and O–H groups in total. The number of rotatable bonds is 6. The third kappa shape index (κ3) is 3.74. The molecule has 3 heteroatoms. The van der Waals surface area contributed by atoms with Gasteiger partial charge in [-0.2, -0.15) is 0 Å². The lowest BCUT2D eigenvalue weighted by atomic mass is 10.1. The molecule has 3 nitrogen and oxygen atoms in total. The first-order valence-electron chi connectivity index (χ1n) is 7.97. The molecule has 0 spiro atoms. The first kappa shape index (κ1) is 13.9. The summed E-state index contributed by atoms with van der Waals surface area (Å²) >= 11 is 0. The second-order valence-corrected chi connectivity index (χ2v) is 5.92. The highest BCUT2D eigenvalue weighted by molar-refractivity contribution is 5.33. The summed E-state index contributed by atoms with van der Waals surface area (Å²) in [6.45, 7) is 2.48. The Morgan fingerprint density at radius 2 is 1.95 bits per heavy atom. The fourth-order valence-electron chi connectivity index (χ4n) is 3.13. The van der Waals surface area contributed by atoms with Crippen LogP contribution < -0.4 is 10.1 Å². The summed E-state index contributed by atoms with van der Waals surface area (Å²) in [5, 5.41) is 3.65. The van der Waals surface area contributed by atoms with Crippen molar-refractivity contribution in [3.05, 3.63) is 29.8 Å². The van der Waals surface area contributed by atoms with Crippen molar-refractivity contribution >= 4 is 0 Å². The summed E-state index contributed by atoms with van der Waals surface area (Å²) in [6, 6.07) is 9.06. The molecule has 0 radical (unpaired) electrons. The molecule has 2 aliphatic rings. The number of ether oxygens (including phenoxy) is 2. The van der Waals surface area contributed by atoms with E-state index in [2.05, 4.69) is 23.5 Å². The Bertz CT molecular complexity index is 370. The second-order valence-electron chi connectivity index (χ2n) is 5.92. The van der Waals surface area contributed by atoms with Crippen molar-refractivity contribution in [1.82, 2.24) is 5.32 Å². The van der Waals surface area contributed by atoms with E-state index in [4.69, 9.17) is 9.47 Å². The number of benzene rings is 1. The van der Waals surface area contributed by atoms with E-state index in [9.17, 15) is 0 Å². The van der Waals surface area contributed by atoms with Crippen LogP contribution in [0.4, 0.5) is 0 Å². The zero-order valence-corrected chi connectivity index (χ0v) is 12.1. The lowest BCUT2D eigenvalue weighted by Gasteiger charge is -2.17. The maximum absolute atomic E-state index is 5.97. The van der Waals surface area contributed by atoms with Crippen LogP contribution in [0.15, 0.2) is 24.3 Å². The topological polar surface area (TPSA) is 30.5 Å². The van der Waals surface area contributed by atoms with E-state index in [0.717, 1.165) is 25.3 Å². The SMILES string of the molecule is c1ccc(OCC2CCCO2)c(CNC2CCCC2)c1. The average Bonchev–Trinajstić information content (AvgIpc) is 3.17. The lowest BCUT2D eigenvalue weighted by Crippen LogP contribution is -2.25. The fraction of sp³-hybridized carbons (Fsp3) is 0.647. The number of nitrogens with one attached hydrogen (secondary N) is 1. The summed E-state index contributed by atoms with van der Waals surface area (Å²) < 4.78 is 11.6. The minimum absolute atomic E-state index is 0.283. The highest BCUT2D eigenvalue weighted by Gasteiger charge is 2.17. The molecule has 0 bridgehead atoms. The third-order valence-electron chi connectivity index (χ3n) is 4.36. The van der Waals surface area contributed by atoms with Crippen LogP contribution in [0.25, 0.3) is 0 Å². The van der Waals surface area contributed by atoms with Gasteiger partial charge in [0, 0.05) is 24.8 Å². The van der Waals surface area contributed by atoms with Crippen molar-refractivity contribution in [3.63, 3.8) is 0 Å². The molecule has 0 amide bonds. The van der Waals surface area contributed by atoms with Gasteiger partial charge in [0.2, 0.25) is 0 Å². The van der Waals surface area contributed by atoms with E-state index in [1.807, 2.05) is 6.07 Å². The van der Waals surface area contributed by atoms with Gasteiger partial charge in [0.1, 0.15) is 12.4 Å². The van der Waals surface area contributed by atoms with Gasteiger partial charge in [0.25, 0.3) is 0 Å². The van der Waals surface area contributed by atoms with Gasteiger partial charge in [-0.05, 0) is 31.7 Å². The van der Waals surface area contributed by atoms with Gasteiger partial charge in [-0.3, -0.25) is 0 Å². The molecule has 3 rings (SSSR count). The molecule has 110 valence electrons. The number of para-hydroxylation sites is 1. The summed E-state index contributed by atoms with van der Waals surface area (Å²) in [5.41, 5.74) is 1.26. The molecule has 1 saturated carbocycles. The first-order valence-corrected chi connectivity index (χ1v) is 7.97. The van der Waals surface area contributed by atoms with E-state index in [1.54, 1.807) is 0 Å². The molecule has 1 unspecified atom stereocenters. The van der Waals surface area contributed by atoms with Crippen LogP contribution in [-0.2, 0) is 11.3 Å². The molecule has 1 saturated heterocycles. The smallest absolute Gasteiger partial charge is 0.123 e. The molecule has 1 aliphatic carbocycles. The first-order chi connectivity index (χ1) is 9.92. The van der Waals surface area contributed by atoms with Crippen molar-refractivity contribution in [1.29, 1.82) is 0 Å². The van der Waals surface area contributed by atoms with Gasteiger partial charge in [-0.25, -0.2) is 0 Å². The van der Waals surface area contributed by atoms with Gasteiger partial charge in [-0.1, -0.05) is 31.0 Å². The lowest BCUT2D eigenvalue weighted by molar-refractivity contribution is 0.0675. The van der Waals surface area contributed by atoms with Crippen LogP contribution in [0.1, 0.15) is 44.1 Å². The molecule has 2 fully saturated rings. The van der Waals surface area contributed by atoms with Gasteiger partial charge in [0.05, 0.1) is 6.10 Å². The van der Waals surface area contributed by atoms with Crippen LogP contribution in [0, 0.1) is 0 Å². The second kappa shape index (κ2) is 7.09. The molecular weight excluding hydrogens is 250 g/mol. The molecule has 1 aromatic rings. The molecular formula is C17H25NO2. The predicted octanol–water partition coefficient (Wildman–Crippen LogP) is 3.28. The van der Waals surface area contributed by atoms with Crippen molar-refractivity contribution in [3.8, 4) is 5.75 Å². The quantitative estimate of drug-likeness (QED) is 0.864. The van der Waals surface area contributed by atoms with Crippen LogP contribution in [0.2, 0.25) is 0 Å². The molecule has 1 heterocycles. The standard InChI is InChI=1S/C17H25NO2/c1-4-10-17(20-13-16-9-5-11-19-16)14(6-1)12-18-15-7-2-3-8-15/h1,4,6,10,15-16,18H,2-3,5,7-9,11-13H2. The number of hydrogen-bond donors (Lipinski definition) is 1. The zero-order chi connectivity index (χ0) is 13.6. The Balaban J connectivity index is 1.52. The van der Waals surface area contributed by atoms with E-state index >= 15 is 0 Å². The van der Waals surface area contributed by atoms with E-state index in [0.29, 0.717) is 12.6 Å². The van der Waals surface area contributed by atoms with Crippen LogP contribution in [0.3, 0.4) is 0 Å². The van der Waals surface area contributed by atoms with E-state index in [-0.39, 0.29) is 6.10 Å². The monoisotopic (exact) mass is 275 g/mol. The third-order valence-corrected chi connectivity index (χ3v) is 4.36. The minimum Gasteiger partial charge on any atom is -0.491 e. The number of hydrogen-bond acceptors (Lipinski definition) is 3. The van der Waals surface area contributed by atoms with E-state index in [1.165, 1.54) is 37.7 Å². The summed E-state index contributed by atoms with van der Waals surface area (Å²) in [6.07, 6.45) is 7.95. The van der Waals surface area contributed by atoms with E-state index < -0.39 is 0 Å². The molecule has 20 heavy (non-hydrogen) atoms. The highest BCUT2D eigenvalue weighted by atomic mass is 16.5. The minimum atomic E-state index is 0.283. The summed E-state index contributed by atoms with van der Waals surface area (Å²) in [7, 11) is 0. The van der Waals surface area contributed by atoms with Crippen molar-refractivity contribution < 1.29 is 9.47 Å². The fourth-order valence-corrected chi connectivity index (χ4v) is 3.13. The maximum atomic E-state index is 5.97. The van der Waals surface area contributed by atoms with Crippen LogP contribution in [-0.4, -0.2) is 25.4 Å². The maximum Gasteiger partial charge on any atom is 0.123 e. The Morgan fingerprint density at radius 1 is 1.10 bits per heavy atom. The average molecular weight is 275 g/mol. The van der Waals surface area contributed by atoms with Crippen molar-refractivity contribution in [2.75, 3.05) is 13.2 Å². The Kier molecular flexibility index (Phi) is 4.93. The van der Waals surface area contributed by atoms with Gasteiger partial charge in [0.15, 0.2) is 0 Å². The largest absolute Gasteiger partial charge is 0.491 e. The van der Waals surface area contributed by atoms with Gasteiger partial charge in [-0.15, -0.1) is 0 Å². The van der Waals surface area contributed by atoms with Gasteiger partial charge >= 0.3 is 0 Å². The van der Waals surface area contributed by atoms with Crippen LogP contribution >= 0.6 is 0 Å². The molecule has 1 aliphatic heterocycles. The predicted molar refractivity (Wildman–Crippen MR) is 80.0 cm³/mol. The van der Waals surface area contributed by atoms with Gasteiger partial charge < -0.3 is 14.8 Å². The van der Waals surface area contributed by atoms with Crippen molar-refractivity contribution in [2.24, 2.45) is 0 Å². The normalized spacial score (nSPS) is 23.3. The molecule has 1 aromatic carbocycles. The van der Waals surface area contributed by atoms with Crippen LogP contribution in [0.5, 0.6) is 5.75 Å². The zero-order valence-electron chi connectivity index (χ0n) is 12.1. The Morgan fingerprint density at radius 3 is 2.75 bits per heavy atom. The highest BCUT2D eigenvalue weighted by Crippen LogP contribution is 2.22. The molecule has 0 aromatic heterocycles.